The Labute approximate surface area is 140 Å². The van der Waals surface area contributed by atoms with E-state index in [2.05, 4.69) is 10.6 Å². The minimum atomic E-state index is -0.990. The second-order valence-electron chi connectivity index (χ2n) is 6.00. The fraction of sp³-hybridized carbons (Fsp3) is 0.562. The van der Waals surface area contributed by atoms with E-state index in [0.29, 0.717) is 18.7 Å². The van der Waals surface area contributed by atoms with Crippen molar-refractivity contribution in [2.45, 2.75) is 25.4 Å². The molecule has 0 heterocycles. The van der Waals surface area contributed by atoms with Gasteiger partial charge in [-0.05, 0) is 42.4 Å². The van der Waals surface area contributed by atoms with Gasteiger partial charge in [-0.2, -0.15) is 0 Å². The third kappa shape index (κ3) is 5.34. The Morgan fingerprint density at radius 2 is 2.22 bits per heavy atom. The predicted molar refractivity (Wildman–Crippen MR) is 85.9 cm³/mol. The van der Waals surface area contributed by atoms with E-state index in [0.717, 1.165) is 25.3 Å². The van der Waals surface area contributed by atoms with Crippen molar-refractivity contribution in [1.82, 2.24) is 10.6 Å². The minimum absolute atomic E-state index is 0.00201. The van der Waals surface area contributed by atoms with Crippen LogP contribution in [-0.4, -0.2) is 37.9 Å². The number of rotatable bonds is 8. The third-order valence-corrected chi connectivity index (χ3v) is 4.51. The summed E-state index contributed by atoms with van der Waals surface area (Å²) in [5.74, 6) is -0.596. The van der Waals surface area contributed by atoms with Gasteiger partial charge in [0.25, 0.3) is 0 Å². The van der Waals surface area contributed by atoms with Gasteiger partial charge in [0.2, 0.25) is 0 Å². The summed E-state index contributed by atoms with van der Waals surface area (Å²) < 4.78 is 18.4. The highest BCUT2D eigenvalue weighted by atomic mass is 35.5. The molecule has 3 N–H and O–H groups in total. The SMILES string of the molecule is COCCC1(CNC(=O)NCC(O)c2ccc(Cl)c(F)c2)CC1. The van der Waals surface area contributed by atoms with Crippen molar-refractivity contribution >= 4 is 17.6 Å². The highest BCUT2D eigenvalue weighted by Gasteiger charge is 2.42. The molecule has 1 fully saturated rings. The molecule has 1 aliphatic rings. The number of carbonyl (C=O) groups excluding carboxylic acids is 1. The third-order valence-electron chi connectivity index (χ3n) is 4.20. The van der Waals surface area contributed by atoms with Gasteiger partial charge < -0.3 is 20.5 Å². The van der Waals surface area contributed by atoms with Crippen LogP contribution in [0.1, 0.15) is 30.9 Å². The number of hydrogen-bond acceptors (Lipinski definition) is 3. The molecule has 5 nitrogen and oxygen atoms in total. The van der Waals surface area contributed by atoms with E-state index >= 15 is 0 Å². The number of amides is 2. The number of carbonyl (C=O) groups is 1. The average Bonchev–Trinajstić information content (AvgIpc) is 3.31. The molecule has 0 radical (unpaired) electrons. The quantitative estimate of drug-likeness (QED) is 0.679. The largest absolute Gasteiger partial charge is 0.387 e. The Bertz CT molecular complexity index is 552. The number of benzene rings is 1. The molecule has 2 amide bonds. The van der Waals surface area contributed by atoms with E-state index < -0.39 is 11.9 Å². The standard InChI is InChI=1S/C16H22ClFN2O3/c1-23-7-6-16(4-5-16)10-20-15(22)19-9-14(21)11-2-3-12(17)13(18)8-11/h2-3,8,14,21H,4-7,9-10H2,1H3,(H2,19,20,22). The van der Waals surface area contributed by atoms with Crippen LogP contribution < -0.4 is 10.6 Å². The fourth-order valence-corrected chi connectivity index (χ4v) is 2.49. The van der Waals surface area contributed by atoms with Gasteiger partial charge in [-0.3, -0.25) is 0 Å². The van der Waals surface area contributed by atoms with E-state index in [4.69, 9.17) is 16.3 Å². The molecule has 1 unspecified atom stereocenters. The van der Waals surface area contributed by atoms with Gasteiger partial charge in [-0.15, -0.1) is 0 Å². The lowest BCUT2D eigenvalue weighted by Crippen LogP contribution is -2.40. The van der Waals surface area contributed by atoms with Crippen LogP contribution in [0.15, 0.2) is 18.2 Å². The van der Waals surface area contributed by atoms with Crippen molar-refractivity contribution in [3.8, 4) is 0 Å². The molecule has 0 saturated heterocycles. The van der Waals surface area contributed by atoms with Crippen molar-refractivity contribution in [1.29, 1.82) is 0 Å². The zero-order valence-corrected chi connectivity index (χ0v) is 13.8. The molecule has 128 valence electrons. The van der Waals surface area contributed by atoms with Gasteiger partial charge in [0.1, 0.15) is 5.82 Å². The first kappa shape index (κ1) is 18.0. The van der Waals surface area contributed by atoms with Crippen molar-refractivity contribution in [2.24, 2.45) is 5.41 Å². The molecule has 1 atom stereocenters. The molecular weight excluding hydrogens is 323 g/mol. The summed E-state index contributed by atoms with van der Waals surface area (Å²) in [4.78, 5) is 11.8. The molecule has 1 aliphatic carbocycles. The smallest absolute Gasteiger partial charge is 0.314 e. The zero-order valence-electron chi connectivity index (χ0n) is 13.1. The van der Waals surface area contributed by atoms with Crippen LogP contribution in [0.3, 0.4) is 0 Å². The Kier molecular flexibility index (Phi) is 6.21. The number of hydrogen-bond donors (Lipinski definition) is 3. The summed E-state index contributed by atoms with van der Waals surface area (Å²) in [5, 5.41) is 15.4. The van der Waals surface area contributed by atoms with Crippen LogP contribution in [0.2, 0.25) is 5.02 Å². The zero-order chi connectivity index (χ0) is 16.9. The molecule has 0 bridgehead atoms. The second-order valence-corrected chi connectivity index (χ2v) is 6.40. The van der Waals surface area contributed by atoms with Crippen molar-refractivity contribution in [3.63, 3.8) is 0 Å². The first-order valence-corrected chi connectivity index (χ1v) is 7.97. The van der Waals surface area contributed by atoms with Crippen LogP contribution in [0.25, 0.3) is 0 Å². The van der Waals surface area contributed by atoms with Gasteiger partial charge in [-0.1, -0.05) is 17.7 Å². The molecule has 0 spiro atoms. The Morgan fingerprint density at radius 3 is 2.83 bits per heavy atom. The van der Waals surface area contributed by atoms with Gasteiger partial charge in [0, 0.05) is 26.8 Å². The molecule has 0 aromatic heterocycles. The van der Waals surface area contributed by atoms with E-state index in [1.165, 1.54) is 12.1 Å². The van der Waals surface area contributed by atoms with Crippen LogP contribution in [-0.2, 0) is 4.74 Å². The first-order chi connectivity index (χ1) is 11.0. The van der Waals surface area contributed by atoms with E-state index in [9.17, 15) is 14.3 Å². The lowest BCUT2D eigenvalue weighted by Gasteiger charge is -2.17. The molecule has 23 heavy (non-hydrogen) atoms. The summed E-state index contributed by atoms with van der Waals surface area (Å²) in [6.07, 6.45) is 2.11. The number of methoxy groups -OCH3 is 1. The number of aliphatic hydroxyl groups is 1. The number of aliphatic hydroxyl groups excluding tert-OH is 1. The highest BCUT2D eigenvalue weighted by Crippen LogP contribution is 2.48. The summed E-state index contributed by atoms with van der Waals surface area (Å²) in [7, 11) is 1.66. The van der Waals surface area contributed by atoms with Gasteiger partial charge in [0.15, 0.2) is 0 Å². The second kappa shape index (κ2) is 7.95. The normalized spacial score (nSPS) is 16.7. The monoisotopic (exact) mass is 344 g/mol. The van der Waals surface area contributed by atoms with E-state index in [-0.39, 0.29) is 23.0 Å². The fourth-order valence-electron chi connectivity index (χ4n) is 2.37. The topological polar surface area (TPSA) is 70.6 Å². The van der Waals surface area contributed by atoms with Crippen LogP contribution in [0, 0.1) is 11.2 Å². The summed E-state index contributed by atoms with van der Waals surface area (Å²) in [5.41, 5.74) is 0.525. The highest BCUT2D eigenvalue weighted by molar-refractivity contribution is 6.30. The van der Waals surface area contributed by atoms with Gasteiger partial charge in [-0.25, -0.2) is 9.18 Å². The molecule has 1 aromatic carbocycles. The summed E-state index contributed by atoms with van der Waals surface area (Å²) in [6, 6.07) is 3.72. The van der Waals surface area contributed by atoms with E-state index in [1.54, 1.807) is 7.11 Å². The Balaban J connectivity index is 1.72. The number of halogens is 2. The lowest BCUT2D eigenvalue weighted by molar-refractivity contribution is 0.167. The number of ether oxygens (including phenoxy) is 1. The molecule has 2 rings (SSSR count). The molecule has 0 aliphatic heterocycles. The van der Waals surface area contributed by atoms with Crippen molar-refractivity contribution < 1.29 is 19.0 Å². The molecule has 1 saturated carbocycles. The summed E-state index contributed by atoms with van der Waals surface area (Å²) >= 11 is 5.59. The average molecular weight is 345 g/mol. The maximum absolute atomic E-state index is 13.3. The lowest BCUT2D eigenvalue weighted by atomic mass is 10.0. The molecule has 7 heteroatoms. The van der Waals surface area contributed by atoms with Crippen LogP contribution >= 0.6 is 11.6 Å². The Hall–Kier alpha value is -1.37. The van der Waals surface area contributed by atoms with Crippen LogP contribution in [0.4, 0.5) is 9.18 Å². The maximum Gasteiger partial charge on any atom is 0.314 e. The molecule has 1 aromatic rings. The first-order valence-electron chi connectivity index (χ1n) is 7.59. The van der Waals surface area contributed by atoms with Gasteiger partial charge >= 0.3 is 6.03 Å². The number of urea groups is 1. The number of nitrogens with one attached hydrogen (secondary N) is 2. The molecular formula is C16H22ClFN2O3. The Morgan fingerprint density at radius 1 is 1.48 bits per heavy atom. The minimum Gasteiger partial charge on any atom is -0.387 e. The van der Waals surface area contributed by atoms with Crippen LogP contribution in [0.5, 0.6) is 0 Å². The van der Waals surface area contributed by atoms with E-state index in [1.807, 2.05) is 0 Å². The van der Waals surface area contributed by atoms with Crippen molar-refractivity contribution in [2.75, 3.05) is 26.8 Å². The predicted octanol–water partition coefficient (Wildman–Crippen LogP) is 2.63. The van der Waals surface area contributed by atoms with Gasteiger partial charge in [0.05, 0.1) is 11.1 Å². The maximum atomic E-state index is 13.3. The summed E-state index contributed by atoms with van der Waals surface area (Å²) in [6.45, 7) is 1.27. The van der Waals surface area contributed by atoms with Crippen molar-refractivity contribution in [3.05, 3.63) is 34.6 Å².